The number of aromatic nitrogens is 2. The van der Waals surface area contributed by atoms with Crippen LogP contribution in [0.5, 0.6) is 5.75 Å². The third kappa shape index (κ3) is 2.39. The van der Waals surface area contributed by atoms with E-state index < -0.39 is 0 Å². The van der Waals surface area contributed by atoms with Gasteiger partial charge in [-0.05, 0) is 18.9 Å². The molecule has 2 aliphatic rings. The third-order valence-corrected chi connectivity index (χ3v) is 4.64. The average Bonchev–Trinajstić information content (AvgIpc) is 3.16. The summed E-state index contributed by atoms with van der Waals surface area (Å²) in [5.74, 6) is 1.97. The lowest BCUT2D eigenvalue weighted by atomic mass is 9.95. The van der Waals surface area contributed by atoms with Crippen molar-refractivity contribution in [2.75, 3.05) is 11.9 Å². The Hall–Kier alpha value is -1.97. The molecular formula is C17H21N3O. The molecule has 2 aromatic rings. The van der Waals surface area contributed by atoms with Gasteiger partial charge in [0.25, 0.3) is 0 Å². The molecule has 0 radical (unpaired) electrons. The molecule has 4 rings (SSSR count). The largest absolute Gasteiger partial charge is 0.491 e. The quantitative estimate of drug-likeness (QED) is 0.927. The van der Waals surface area contributed by atoms with E-state index in [9.17, 15) is 0 Å². The van der Waals surface area contributed by atoms with Gasteiger partial charge in [0.2, 0.25) is 5.95 Å². The number of nitrogens with one attached hydrogen (secondary N) is 1. The first-order valence-electron chi connectivity index (χ1n) is 7.93. The number of para-hydroxylation sites is 1. The monoisotopic (exact) mass is 283 g/mol. The second-order valence-corrected chi connectivity index (χ2v) is 6.00. The van der Waals surface area contributed by atoms with Crippen molar-refractivity contribution >= 4 is 5.95 Å². The van der Waals surface area contributed by atoms with Crippen LogP contribution in [0.15, 0.2) is 36.7 Å². The maximum absolute atomic E-state index is 5.75. The highest BCUT2D eigenvalue weighted by molar-refractivity contribution is 5.44. The second-order valence-electron chi connectivity index (χ2n) is 6.00. The Labute approximate surface area is 125 Å². The van der Waals surface area contributed by atoms with Gasteiger partial charge < -0.3 is 14.6 Å². The van der Waals surface area contributed by atoms with Crippen LogP contribution in [-0.4, -0.2) is 16.2 Å². The molecule has 1 saturated carbocycles. The summed E-state index contributed by atoms with van der Waals surface area (Å²) in [7, 11) is 0. The van der Waals surface area contributed by atoms with Gasteiger partial charge in [-0.3, -0.25) is 0 Å². The van der Waals surface area contributed by atoms with E-state index in [1.165, 1.54) is 37.7 Å². The van der Waals surface area contributed by atoms with Gasteiger partial charge in [-0.15, -0.1) is 0 Å². The predicted molar refractivity (Wildman–Crippen MR) is 82.6 cm³/mol. The van der Waals surface area contributed by atoms with Gasteiger partial charge in [-0.25, -0.2) is 4.98 Å². The lowest BCUT2D eigenvalue weighted by molar-refractivity contribution is 0.335. The van der Waals surface area contributed by atoms with E-state index in [0.717, 1.165) is 11.7 Å². The van der Waals surface area contributed by atoms with Crippen LogP contribution in [0, 0.1) is 0 Å². The molecule has 1 unspecified atom stereocenters. The molecule has 0 bridgehead atoms. The van der Waals surface area contributed by atoms with Crippen LogP contribution < -0.4 is 10.1 Å². The van der Waals surface area contributed by atoms with E-state index in [0.29, 0.717) is 12.6 Å². The van der Waals surface area contributed by atoms with Crippen molar-refractivity contribution in [3.05, 3.63) is 42.2 Å². The summed E-state index contributed by atoms with van der Waals surface area (Å²) >= 11 is 0. The highest BCUT2D eigenvalue weighted by atomic mass is 16.5. The second kappa shape index (κ2) is 5.43. The Morgan fingerprint density at radius 3 is 2.90 bits per heavy atom. The Bertz CT molecular complexity index is 616. The number of ether oxygens (including phenoxy) is 1. The summed E-state index contributed by atoms with van der Waals surface area (Å²) in [5, 5.41) is 3.57. The number of hydrogen-bond donors (Lipinski definition) is 1. The van der Waals surface area contributed by atoms with Crippen LogP contribution in [0.4, 0.5) is 5.95 Å². The van der Waals surface area contributed by atoms with Gasteiger partial charge in [0.05, 0.1) is 6.04 Å². The summed E-state index contributed by atoms with van der Waals surface area (Å²) < 4.78 is 8.07. The number of benzene rings is 1. The zero-order chi connectivity index (χ0) is 14.1. The minimum atomic E-state index is 0.200. The molecule has 0 saturated heterocycles. The fourth-order valence-corrected chi connectivity index (χ4v) is 3.52. The SMILES string of the molecule is c1ccc2c(c1)OCC2Nc1nccn1C1CCCCC1. The first-order valence-corrected chi connectivity index (χ1v) is 7.93. The molecule has 1 atom stereocenters. The van der Waals surface area contributed by atoms with Crippen molar-refractivity contribution in [2.45, 2.75) is 44.2 Å². The van der Waals surface area contributed by atoms with Crippen LogP contribution in [0.1, 0.15) is 49.8 Å². The van der Waals surface area contributed by atoms with Crippen LogP contribution in [0.2, 0.25) is 0 Å². The summed E-state index contributed by atoms with van der Waals surface area (Å²) in [5.41, 5.74) is 1.23. The van der Waals surface area contributed by atoms with E-state index in [-0.39, 0.29) is 6.04 Å². The molecule has 1 N–H and O–H groups in total. The molecular weight excluding hydrogens is 262 g/mol. The Morgan fingerprint density at radius 2 is 2.00 bits per heavy atom. The first-order chi connectivity index (χ1) is 10.4. The highest BCUT2D eigenvalue weighted by Crippen LogP contribution is 2.35. The molecule has 110 valence electrons. The summed E-state index contributed by atoms with van der Waals surface area (Å²) in [4.78, 5) is 4.52. The summed E-state index contributed by atoms with van der Waals surface area (Å²) in [6, 6.07) is 9.05. The predicted octanol–water partition coefficient (Wildman–Crippen LogP) is 3.93. The molecule has 21 heavy (non-hydrogen) atoms. The van der Waals surface area contributed by atoms with E-state index in [1.54, 1.807) is 0 Å². The number of nitrogens with zero attached hydrogens (tertiary/aromatic N) is 2. The molecule has 1 aromatic heterocycles. The van der Waals surface area contributed by atoms with E-state index in [2.05, 4.69) is 33.2 Å². The van der Waals surface area contributed by atoms with Crippen molar-refractivity contribution in [2.24, 2.45) is 0 Å². The van der Waals surface area contributed by atoms with Crippen molar-refractivity contribution < 1.29 is 4.74 Å². The average molecular weight is 283 g/mol. The first kappa shape index (κ1) is 12.7. The lowest BCUT2D eigenvalue weighted by Gasteiger charge is -2.25. The Balaban J connectivity index is 1.55. The molecule has 1 aliphatic carbocycles. The minimum absolute atomic E-state index is 0.200. The van der Waals surface area contributed by atoms with Gasteiger partial charge in [-0.2, -0.15) is 0 Å². The molecule has 1 fully saturated rings. The standard InChI is InChI=1S/C17H21N3O/c1-2-6-13(7-3-1)20-11-10-18-17(20)19-15-12-21-16-9-5-4-8-14(15)16/h4-5,8-11,13,15H,1-3,6-7,12H2,(H,18,19). The zero-order valence-electron chi connectivity index (χ0n) is 12.2. The Kier molecular flexibility index (Phi) is 3.30. The van der Waals surface area contributed by atoms with E-state index >= 15 is 0 Å². The zero-order valence-corrected chi connectivity index (χ0v) is 12.2. The third-order valence-electron chi connectivity index (χ3n) is 4.64. The molecule has 1 aromatic carbocycles. The van der Waals surface area contributed by atoms with Crippen molar-refractivity contribution in [1.82, 2.24) is 9.55 Å². The van der Waals surface area contributed by atoms with Crippen LogP contribution >= 0.6 is 0 Å². The minimum Gasteiger partial charge on any atom is -0.491 e. The van der Waals surface area contributed by atoms with Crippen LogP contribution in [0.25, 0.3) is 0 Å². The van der Waals surface area contributed by atoms with Gasteiger partial charge >= 0.3 is 0 Å². The van der Waals surface area contributed by atoms with Crippen LogP contribution in [0.3, 0.4) is 0 Å². The fraction of sp³-hybridized carbons (Fsp3) is 0.471. The Morgan fingerprint density at radius 1 is 1.14 bits per heavy atom. The van der Waals surface area contributed by atoms with E-state index in [1.807, 2.05) is 18.3 Å². The van der Waals surface area contributed by atoms with Crippen molar-refractivity contribution in [3.8, 4) is 5.75 Å². The lowest BCUT2D eigenvalue weighted by Crippen LogP contribution is -2.19. The molecule has 4 heteroatoms. The molecule has 0 spiro atoms. The van der Waals surface area contributed by atoms with Gasteiger partial charge in [0.1, 0.15) is 12.4 Å². The maximum Gasteiger partial charge on any atom is 0.203 e. The summed E-state index contributed by atoms with van der Waals surface area (Å²) in [6.45, 7) is 0.677. The van der Waals surface area contributed by atoms with Gasteiger partial charge in [0.15, 0.2) is 0 Å². The normalized spacial score (nSPS) is 21.8. The number of rotatable bonds is 3. The molecule has 2 heterocycles. The molecule has 4 nitrogen and oxygen atoms in total. The number of hydrogen-bond acceptors (Lipinski definition) is 3. The number of imidazole rings is 1. The van der Waals surface area contributed by atoms with E-state index in [4.69, 9.17) is 4.74 Å². The van der Waals surface area contributed by atoms with Crippen molar-refractivity contribution in [1.29, 1.82) is 0 Å². The highest BCUT2D eigenvalue weighted by Gasteiger charge is 2.26. The number of fused-ring (bicyclic) bond motifs is 1. The van der Waals surface area contributed by atoms with Gasteiger partial charge in [-0.1, -0.05) is 37.5 Å². The van der Waals surface area contributed by atoms with Crippen molar-refractivity contribution in [3.63, 3.8) is 0 Å². The molecule has 0 amide bonds. The maximum atomic E-state index is 5.75. The molecule has 1 aliphatic heterocycles. The smallest absolute Gasteiger partial charge is 0.203 e. The number of anilines is 1. The van der Waals surface area contributed by atoms with Crippen LogP contribution in [-0.2, 0) is 0 Å². The summed E-state index contributed by atoms with van der Waals surface area (Å²) in [6.07, 6.45) is 10.6. The fourth-order valence-electron chi connectivity index (χ4n) is 3.52. The van der Waals surface area contributed by atoms with Gasteiger partial charge in [0, 0.05) is 24.0 Å². The topological polar surface area (TPSA) is 39.1 Å².